The Morgan fingerprint density at radius 2 is 2.04 bits per heavy atom. The number of thiophene rings is 1. The Morgan fingerprint density at radius 3 is 2.81 bits per heavy atom. The Balaban J connectivity index is 1.67. The van der Waals surface area contributed by atoms with E-state index in [1.54, 1.807) is 48.1 Å². The summed E-state index contributed by atoms with van der Waals surface area (Å²) in [6.07, 6.45) is 1.68. The monoisotopic (exact) mass is 372 g/mol. The normalized spacial score (nSPS) is 10.4. The molecule has 2 aromatic heterocycles. The highest BCUT2D eigenvalue weighted by molar-refractivity contribution is 7.17. The van der Waals surface area contributed by atoms with Crippen LogP contribution in [0.3, 0.4) is 0 Å². The molecule has 2 heterocycles. The van der Waals surface area contributed by atoms with Gasteiger partial charge in [-0.3, -0.25) is 19.5 Å². The summed E-state index contributed by atoms with van der Waals surface area (Å²) in [4.78, 5) is 24.7. The third-order valence-electron chi connectivity index (χ3n) is 3.51. The molecule has 0 saturated carbocycles. The highest BCUT2D eigenvalue weighted by Crippen LogP contribution is 2.27. The maximum Gasteiger partial charge on any atom is 0.284 e. The van der Waals surface area contributed by atoms with Gasteiger partial charge >= 0.3 is 0 Å². The number of carbonyl (C=O) groups is 2. The Hall–Kier alpha value is -3.17. The summed E-state index contributed by atoms with van der Waals surface area (Å²) in [6, 6.07) is 12.2. The molecule has 0 atom stereocenters. The van der Waals surface area contributed by atoms with Crippen molar-refractivity contribution in [1.82, 2.24) is 15.3 Å². The van der Waals surface area contributed by atoms with Crippen molar-refractivity contribution in [2.75, 3.05) is 12.4 Å². The fraction of sp³-hybridized carbons (Fsp3) is 0.118. The average Bonchev–Trinajstić information content (AvgIpc) is 3.30. The van der Waals surface area contributed by atoms with Crippen molar-refractivity contribution >= 4 is 28.8 Å². The van der Waals surface area contributed by atoms with Gasteiger partial charge in [-0.25, -0.2) is 5.48 Å². The molecule has 3 N–H and O–H groups in total. The molecule has 134 valence electrons. The van der Waals surface area contributed by atoms with Crippen LogP contribution in [-0.4, -0.2) is 33.9 Å². The van der Waals surface area contributed by atoms with Crippen molar-refractivity contribution in [3.8, 4) is 16.3 Å². The quantitative estimate of drug-likeness (QED) is 0.455. The van der Waals surface area contributed by atoms with E-state index in [1.165, 1.54) is 23.1 Å². The van der Waals surface area contributed by atoms with E-state index in [1.807, 2.05) is 6.07 Å². The lowest BCUT2D eigenvalue weighted by Crippen LogP contribution is -2.19. The summed E-state index contributed by atoms with van der Waals surface area (Å²) in [5.74, 6) is -0.233. The molecule has 0 aliphatic carbocycles. The third-order valence-corrected chi connectivity index (χ3v) is 4.62. The van der Waals surface area contributed by atoms with Gasteiger partial charge in [0.2, 0.25) is 5.91 Å². The van der Waals surface area contributed by atoms with Crippen LogP contribution in [0.5, 0.6) is 5.75 Å². The molecule has 0 fully saturated rings. The zero-order chi connectivity index (χ0) is 18.5. The largest absolute Gasteiger partial charge is 0.495 e. The number of hydroxylamine groups is 1. The van der Waals surface area contributed by atoms with Gasteiger partial charge in [-0.15, -0.1) is 11.3 Å². The second-order valence-corrected chi connectivity index (χ2v) is 6.34. The number of aromatic nitrogens is 2. The molecule has 0 bridgehead atoms. The smallest absolute Gasteiger partial charge is 0.284 e. The van der Waals surface area contributed by atoms with Crippen LogP contribution >= 0.6 is 11.3 Å². The van der Waals surface area contributed by atoms with E-state index in [2.05, 4.69) is 10.4 Å². The molecule has 8 nitrogen and oxygen atoms in total. The highest BCUT2D eigenvalue weighted by Gasteiger charge is 2.13. The Morgan fingerprint density at radius 1 is 1.23 bits per heavy atom. The fourth-order valence-corrected chi connectivity index (χ4v) is 3.18. The molecule has 0 saturated heterocycles. The van der Waals surface area contributed by atoms with E-state index in [4.69, 9.17) is 9.94 Å². The molecule has 3 rings (SSSR count). The van der Waals surface area contributed by atoms with Crippen LogP contribution in [0.25, 0.3) is 10.6 Å². The maximum atomic E-state index is 12.2. The first-order chi connectivity index (χ1) is 12.6. The number of carbonyl (C=O) groups excluding carboxylic acids is 2. The third kappa shape index (κ3) is 3.90. The van der Waals surface area contributed by atoms with E-state index in [9.17, 15) is 9.59 Å². The Labute approximate surface area is 153 Å². The van der Waals surface area contributed by atoms with Gasteiger partial charge in [-0.05, 0) is 30.3 Å². The summed E-state index contributed by atoms with van der Waals surface area (Å²) in [5.41, 5.74) is 2.82. The molecule has 0 unspecified atom stereocenters. The number of hydrogen-bond acceptors (Lipinski definition) is 6. The van der Waals surface area contributed by atoms with Crippen molar-refractivity contribution in [2.45, 2.75) is 6.54 Å². The minimum Gasteiger partial charge on any atom is -0.495 e. The first-order valence-corrected chi connectivity index (χ1v) is 8.43. The molecule has 0 aliphatic heterocycles. The molecule has 0 radical (unpaired) electrons. The number of anilines is 1. The molecular formula is C17H16N4O4S. The van der Waals surface area contributed by atoms with Crippen LogP contribution in [0.2, 0.25) is 0 Å². The first kappa shape index (κ1) is 17.6. The number of methoxy groups -OCH3 is 1. The van der Waals surface area contributed by atoms with E-state index in [-0.39, 0.29) is 12.5 Å². The number of benzene rings is 1. The van der Waals surface area contributed by atoms with E-state index in [0.717, 1.165) is 4.88 Å². The average molecular weight is 372 g/mol. The van der Waals surface area contributed by atoms with Gasteiger partial charge in [0.15, 0.2) is 0 Å². The van der Waals surface area contributed by atoms with Crippen LogP contribution in [-0.2, 0) is 11.3 Å². The molecule has 26 heavy (non-hydrogen) atoms. The van der Waals surface area contributed by atoms with Gasteiger partial charge < -0.3 is 10.1 Å². The molecule has 0 spiro atoms. The van der Waals surface area contributed by atoms with Gasteiger partial charge in [-0.2, -0.15) is 5.10 Å². The van der Waals surface area contributed by atoms with Crippen molar-refractivity contribution in [1.29, 1.82) is 0 Å². The van der Waals surface area contributed by atoms with Gasteiger partial charge in [0.05, 0.1) is 22.6 Å². The number of ether oxygens (including phenoxy) is 1. The van der Waals surface area contributed by atoms with Crippen LogP contribution in [0.1, 0.15) is 9.67 Å². The lowest BCUT2D eigenvalue weighted by atomic mass is 10.3. The fourth-order valence-electron chi connectivity index (χ4n) is 2.32. The van der Waals surface area contributed by atoms with E-state index >= 15 is 0 Å². The van der Waals surface area contributed by atoms with Crippen molar-refractivity contribution in [2.24, 2.45) is 0 Å². The predicted molar refractivity (Wildman–Crippen MR) is 96.4 cm³/mol. The number of para-hydroxylation sites is 2. The summed E-state index contributed by atoms with van der Waals surface area (Å²) in [5, 5.41) is 15.8. The number of nitrogens with zero attached hydrogens (tertiary/aromatic N) is 2. The van der Waals surface area contributed by atoms with Crippen LogP contribution in [0, 0.1) is 0 Å². The molecule has 2 amide bonds. The standard InChI is InChI=1S/C17H16N4O4S/c1-25-13-5-3-2-4-11(13)18-16(22)10-21-9-8-12(19-21)14-6-7-15(26-14)17(23)20-24/h2-9,24H,10H2,1H3,(H,18,22)(H,20,23). The van der Waals surface area contributed by atoms with Crippen LogP contribution in [0.4, 0.5) is 5.69 Å². The van der Waals surface area contributed by atoms with Crippen molar-refractivity contribution < 1.29 is 19.5 Å². The summed E-state index contributed by atoms with van der Waals surface area (Å²) in [6.45, 7) is 0.0351. The van der Waals surface area contributed by atoms with E-state index in [0.29, 0.717) is 22.0 Å². The second kappa shape index (κ2) is 7.81. The zero-order valence-corrected chi connectivity index (χ0v) is 14.6. The number of hydrogen-bond donors (Lipinski definition) is 3. The van der Waals surface area contributed by atoms with Gasteiger partial charge in [-0.1, -0.05) is 12.1 Å². The number of nitrogens with one attached hydrogen (secondary N) is 2. The predicted octanol–water partition coefficient (Wildman–Crippen LogP) is 2.38. The number of rotatable bonds is 6. The Bertz CT molecular complexity index is 934. The lowest BCUT2D eigenvalue weighted by molar-refractivity contribution is -0.116. The zero-order valence-electron chi connectivity index (χ0n) is 13.8. The summed E-state index contributed by atoms with van der Waals surface area (Å²) < 4.78 is 6.71. The van der Waals surface area contributed by atoms with Gasteiger partial charge in [0.1, 0.15) is 18.0 Å². The lowest BCUT2D eigenvalue weighted by Gasteiger charge is -2.09. The molecule has 9 heteroatoms. The molecular weight excluding hydrogens is 356 g/mol. The van der Waals surface area contributed by atoms with Crippen LogP contribution in [0.15, 0.2) is 48.7 Å². The topological polar surface area (TPSA) is 105 Å². The second-order valence-electron chi connectivity index (χ2n) is 5.25. The molecule has 0 aliphatic rings. The summed E-state index contributed by atoms with van der Waals surface area (Å²) in [7, 11) is 1.54. The summed E-state index contributed by atoms with van der Waals surface area (Å²) >= 11 is 1.19. The minimum absolute atomic E-state index is 0.0351. The number of amides is 2. The van der Waals surface area contributed by atoms with Crippen molar-refractivity contribution in [3.63, 3.8) is 0 Å². The van der Waals surface area contributed by atoms with Crippen molar-refractivity contribution in [3.05, 3.63) is 53.5 Å². The molecule has 1 aromatic carbocycles. The SMILES string of the molecule is COc1ccccc1NC(=O)Cn1ccc(-c2ccc(C(=O)NO)s2)n1. The molecule has 3 aromatic rings. The van der Waals surface area contributed by atoms with Gasteiger partial charge in [0.25, 0.3) is 5.91 Å². The first-order valence-electron chi connectivity index (χ1n) is 7.61. The van der Waals surface area contributed by atoms with Gasteiger partial charge in [0, 0.05) is 6.20 Å². The minimum atomic E-state index is -0.572. The highest BCUT2D eigenvalue weighted by atomic mass is 32.1. The Kier molecular flexibility index (Phi) is 5.30. The maximum absolute atomic E-state index is 12.2. The van der Waals surface area contributed by atoms with E-state index < -0.39 is 5.91 Å². The van der Waals surface area contributed by atoms with Crippen LogP contribution < -0.4 is 15.5 Å².